The van der Waals surface area contributed by atoms with Crippen molar-refractivity contribution < 1.29 is 37.6 Å². The molecular formula is C49H96NO8P. The highest BCUT2D eigenvalue weighted by Crippen LogP contribution is 2.43. The first-order chi connectivity index (χ1) is 28.8. The predicted molar refractivity (Wildman–Crippen MR) is 248 cm³/mol. The molecule has 0 amide bonds. The molecule has 0 heterocycles. The Kier molecular flexibility index (Phi) is 45.3. The SMILES string of the molecule is CCCCCC/C=C/CCCCCCCCCCCC(=O)O[C@H](COC(=O)CCCCCCCCCCCCCCCCCCCCCCC)COP(=O)(O)OCCN. The van der Waals surface area contributed by atoms with Crippen LogP contribution in [0, 0.1) is 0 Å². The van der Waals surface area contributed by atoms with E-state index in [4.69, 9.17) is 24.3 Å². The highest BCUT2D eigenvalue weighted by atomic mass is 31.2. The maximum absolute atomic E-state index is 12.6. The molecule has 10 heteroatoms. The molecule has 0 aliphatic rings. The fourth-order valence-corrected chi connectivity index (χ4v) is 8.16. The number of ether oxygens (including phenoxy) is 2. The van der Waals surface area contributed by atoms with Crippen LogP contribution >= 0.6 is 7.82 Å². The monoisotopic (exact) mass is 858 g/mol. The van der Waals surface area contributed by atoms with Crippen molar-refractivity contribution in [2.45, 2.75) is 264 Å². The number of esters is 2. The summed E-state index contributed by atoms with van der Waals surface area (Å²) in [5.74, 6) is -0.815. The highest BCUT2D eigenvalue weighted by Gasteiger charge is 2.26. The van der Waals surface area contributed by atoms with E-state index in [-0.39, 0.29) is 38.6 Å². The van der Waals surface area contributed by atoms with Gasteiger partial charge in [0, 0.05) is 19.4 Å². The second kappa shape index (κ2) is 46.3. The number of rotatable bonds is 48. The largest absolute Gasteiger partial charge is 0.472 e. The van der Waals surface area contributed by atoms with Crippen LogP contribution in [0.15, 0.2) is 12.2 Å². The molecular weight excluding hydrogens is 762 g/mol. The molecule has 0 aliphatic heterocycles. The van der Waals surface area contributed by atoms with Crippen molar-refractivity contribution in [3.05, 3.63) is 12.2 Å². The summed E-state index contributed by atoms with van der Waals surface area (Å²) in [5, 5.41) is 0. The van der Waals surface area contributed by atoms with Crippen LogP contribution < -0.4 is 5.73 Å². The summed E-state index contributed by atoms with van der Waals surface area (Å²) < 4.78 is 32.9. The molecule has 0 saturated heterocycles. The van der Waals surface area contributed by atoms with Gasteiger partial charge in [-0.1, -0.05) is 219 Å². The highest BCUT2D eigenvalue weighted by molar-refractivity contribution is 7.47. The minimum atomic E-state index is -4.38. The Labute approximate surface area is 364 Å². The summed E-state index contributed by atoms with van der Waals surface area (Å²) in [6.07, 6.45) is 49.6. The Morgan fingerprint density at radius 3 is 1.22 bits per heavy atom. The summed E-state index contributed by atoms with van der Waals surface area (Å²) in [5.41, 5.74) is 5.36. The van der Waals surface area contributed by atoms with Crippen molar-refractivity contribution in [2.24, 2.45) is 5.73 Å². The number of phosphoric acid groups is 1. The second-order valence-corrected chi connectivity index (χ2v) is 18.5. The first kappa shape index (κ1) is 57.8. The van der Waals surface area contributed by atoms with Gasteiger partial charge < -0.3 is 20.1 Å². The summed E-state index contributed by atoms with van der Waals surface area (Å²) in [7, 11) is -4.38. The zero-order valence-electron chi connectivity index (χ0n) is 38.8. The number of unbranched alkanes of at least 4 members (excludes halogenated alkanes) is 33. The Bertz CT molecular complexity index is 980. The minimum Gasteiger partial charge on any atom is -0.462 e. The topological polar surface area (TPSA) is 134 Å². The lowest BCUT2D eigenvalue weighted by Crippen LogP contribution is -2.29. The van der Waals surface area contributed by atoms with Crippen LogP contribution in [-0.2, 0) is 32.7 Å². The quantitative estimate of drug-likeness (QED) is 0.0265. The lowest BCUT2D eigenvalue weighted by atomic mass is 10.0. The number of carbonyl (C=O) groups excluding carboxylic acids is 2. The van der Waals surface area contributed by atoms with Gasteiger partial charge in [-0.2, -0.15) is 0 Å². The predicted octanol–water partition coefficient (Wildman–Crippen LogP) is 15.0. The van der Waals surface area contributed by atoms with Crippen LogP contribution in [0.2, 0.25) is 0 Å². The molecule has 0 aromatic heterocycles. The third-order valence-electron chi connectivity index (χ3n) is 11.2. The molecule has 0 fully saturated rings. The fourth-order valence-electron chi connectivity index (χ4n) is 7.40. The zero-order valence-corrected chi connectivity index (χ0v) is 39.7. The minimum absolute atomic E-state index is 0.0562. The van der Waals surface area contributed by atoms with Gasteiger partial charge in [-0.15, -0.1) is 0 Å². The fraction of sp³-hybridized carbons (Fsp3) is 0.918. The van der Waals surface area contributed by atoms with E-state index in [0.717, 1.165) is 38.5 Å². The molecule has 1 unspecified atom stereocenters. The average Bonchev–Trinajstić information content (AvgIpc) is 3.22. The van der Waals surface area contributed by atoms with Crippen molar-refractivity contribution in [3.8, 4) is 0 Å². The number of carbonyl (C=O) groups is 2. The average molecular weight is 858 g/mol. The molecule has 0 aromatic carbocycles. The van der Waals surface area contributed by atoms with Gasteiger partial charge in [0.05, 0.1) is 13.2 Å². The number of phosphoric ester groups is 1. The smallest absolute Gasteiger partial charge is 0.462 e. The van der Waals surface area contributed by atoms with E-state index >= 15 is 0 Å². The molecule has 59 heavy (non-hydrogen) atoms. The van der Waals surface area contributed by atoms with Gasteiger partial charge in [0.25, 0.3) is 0 Å². The molecule has 0 saturated carbocycles. The maximum Gasteiger partial charge on any atom is 0.472 e. The summed E-state index contributed by atoms with van der Waals surface area (Å²) in [6, 6.07) is 0. The lowest BCUT2D eigenvalue weighted by Gasteiger charge is -2.19. The van der Waals surface area contributed by atoms with E-state index in [1.165, 1.54) is 186 Å². The summed E-state index contributed by atoms with van der Waals surface area (Å²) in [6.45, 7) is 3.77. The molecule has 350 valence electrons. The number of hydrogen-bond donors (Lipinski definition) is 2. The molecule has 0 radical (unpaired) electrons. The summed E-state index contributed by atoms with van der Waals surface area (Å²) >= 11 is 0. The van der Waals surface area contributed by atoms with Crippen LogP contribution in [-0.4, -0.2) is 49.3 Å². The van der Waals surface area contributed by atoms with Crippen molar-refractivity contribution in [1.29, 1.82) is 0 Å². The second-order valence-electron chi connectivity index (χ2n) is 17.0. The van der Waals surface area contributed by atoms with Gasteiger partial charge in [0.2, 0.25) is 0 Å². The van der Waals surface area contributed by atoms with Gasteiger partial charge in [-0.25, -0.2) is 4.57 Å². The van der Waals surface area contributed by atoms with Crippen molar-refractivity contribution >= 4 is 19.8 Å². The van der Waals surface area contributed by atoms with E-state index in [0.29, 0.717) is 6.42 Å². The third-order valence-corrected chi connectivity index (χ3v) is 12.1. The third kappa shape index (κ3) is 46.1. The number of nitrogens with two attached hydrogens (primary N) is 1. The van der Waals surface area contributed by atoms with E-state index in [9.17, 15) is 19.0 Å². The van der Waals surface area contributed by atoms with Crippen LogP contribution in [0.1, 0.15) is 258 Å². The molecule has 2 atom stereocenters. The lowest BCUT2D eigenvalue weighted by molar-refractivity contribution is -0.161. The van der Waals surface area contributed by atoms with E-state index in [1.54, 1.807) is 0 Å². The van der Waals surface area contributed by atoms with Gasteiger partial charge >= 0.3 is 19.8 Å². The van der Waals surface area contributed by atoms with Crippen LogP contribution in [0.5, 0.6) is 0 Å². The first-order valence-electron chi connectivity index (χ1n) is 25.2. The van der Waals surface area contributed by atoms with E-state index < -0.39 is 26.5 Å². The maximum atomic E-state index is 12.6. The Balaban J connectivity index is 4.00. The molecule has 3 N–H and O–H groups in total. The zero-order chi connectivity index (χ0) is 43.2. The van der Waals surface area contributed by atoms with E-state index in [2.05, 4.69) is 26.0 Å². The molecule has 0 aromatic rings. The number of hydrogen-bond acceptors (Lipinski definition) is 8. The number of allylic oxidation sites excluding steroid dienone is 2. The van der Waals surface area contributed by atoms with Gasteiger partial charge in [0.15, 0.2) is 6.10 Å². The first-order valence-corrected chi connectivity index (χ1v) is 26.7. The molecule has 0 rings (SSSR count). The van der Waals surface area contributed by atoms with Gasteiger partial charge in [-0.3, -0.25) is 18.6 Å². The molecule has 9 nitrogen and oxygen atoms in total. The molecule has 0 aliphatic carbocycles. The Morgan fingerprint density at radius 2 is 0.831 bits per heavy atom. The van der Waals surface area contributed by atoms with Gasteiger partial charge in [-0.05, 0) is 38.5 Å². The standard InChI is InChI=1S/C49H96NO8P/c1-3-5-7-9-11-13-15-17-19-21-22-23-24-26-27-29-31-33-35-37-39-41-48(51)55-45-47(46-57-59(53,54)56-44-43-50)58-49(52)42-40-38-36-34-32-30-28-25-20-18-16-14-12-10-8-6-4-2/h14,16,47H,3-13,15,17-46,50H2,1-2H3,(H,53,54)/b16-14+/t47-/m1/s1. The van der Waals surface area contributed by atoms with Crippen molar-refractivity contribution in [3.63, 3.8) is 0 Å². The normalized spacial score (nSPS) is 13.2. The van der Waals surface area contributed by atoms with Crippen LogP contribution in [0.4, 0.5) is 0 Å². The van der Waals surface area contributed by atoms with E-state index in [1.807, 2.05) is 0 Å². The Morgan fingerprint density at radius 1 is 0.492 bits per heavy atom. The molecule has 0 spiro atoms. The van der Waals surface area contributed by atoms with Crippen molar-refractivity contribution in [2.75, 3.05) is 26.4 Å². The van der Waals surface area contributed by atoms with Gasteiger partial charge in [0.1, 0.15) is 6.61 Å². The summed E-state index contributed by atoms with van der Waals surface area (Å²) in [4.78, 5) is 35.0. The van der Waals surface area contributed by atoms with Crippen molar-refractivity contribution in [1.82, 2.24) is 0 Å². The Hall–Kier alpha value is -1.25. The van der Waals surface area contributed by atoms with Crippen LogP contribution in [0.25, 0.3) is 0 Å². The van der Waals surface area contributed by atoms with Crippen LogP contribution in [0.3, 0.4) is 0 Å². The molecule has 0 bridgehead atoms.